The number of aryl methyl sites for hydroxylation is 1. The van der Waals surface area contributed by atoms with Gasteiger partial charge in [-0.3, -0.25) is 4.68 Å². The van der Waals surface area contributed by atoms with Crippen molar-refractivity contribution in [2.75, 3.05) is 6.54 Å². The molecule has 2 unspecified atom stereocenters. The standard InChI is InChI=1S/C15H26ClN3/c1-4-8-17-14(11(3)12-6-7-12)15-13(16)10-18-19(15)9-5-2/h10-12,14,17H,4-9H2,1-3H3. The van der Waals surface area contributed by atoms with Crippen LogP contribution in [0.25, 0.3) is 0 Å². The highest BCUT2D eigenvalue weighted by molar-refractivity contribution is 6.31. The maximum Gasteiger partial charge on any atom is 0.0834 e. The lowest BCUT2D eigenvalue weighted by Gasteiger charge is -2.26. The molecule has 4 heteroatoms. The lowest BCUT2D eigenvalue weighted by molar-refractivity contribution is 0.329. The first kappa shape index (κ1) is 14.9. The van der Waals surface area contributed by atoms with Crippen molar-refractivity contribution < 1.29 is 0 Å². The van der Waals surface area contributed by atoms with E-state index in [9.17, 15) is 0 Å². The van der Waals surface area contributed by atoms with Crippen molar-refractivity contribution in [1.29, 1.82) is 0 Å². The van der Waals surface area contributed by atoms with E-state index in [4.69, 9.17) is 11.6 Å². The van der Waals surface area contributed by atoms with Gasteiger partial charge in [0, 0.05) is 6.54 Å². The molecule has 108 valence electrons. The number of hydrogen-bond acceptors (Lipinski definition) is 2. The number of nitrogens with one attached hydrogen (secondary N) is 1. The highest BCUT2D eigenvalue weighted by Gasteiger charge is 2.36. The topological polar surface area (TPSA) is 29.9 Å². The lowest BCUT2D eigenvalue weighted by atomic mass is 9.93. The molecule has 0 bridgehead atoms. The van der Waals surface area contributed by atoms with E-state index in [2.05, 4.69) is 35.9 Å². The third-order valence-electron chi connectivity index (χ3n) is 4.07. The molecule has 0 aliphatic heterocycles. The smallest absolute Gasteiger partial charge is 0.0834 e. The first-order valence-electron chi connectivity index (χ1n) is 7.63. The molecule has 1 fully saturated rings. The van der Waals surface area contributed by atoms with Crippen LogP contribution in [0.1, 0.15) is 58.2 Å². The maximum absolute atomic E-state index is 6.40. The second-order valence-electron chi connectivity index (χ2n) is 5.73. The molecular formula is C15H26ClN3. The first-order chi connectivity index (χ1) is 9.19. The summed E-state index contributed by atoms with van der Waals surface area (Å²) in [5.41, 5.74) is 1.19. The molecule has 1 heterocycles. The third-order valence-corrected chi connectivity index (χ3v) is 4.36. The maximum atomic E-state index is 6.40. The Hall–Kier alpha value is -0.540. The monoisotopic (exact) mass is 283 g/mol. The van der Waals surface area contributed by atoms with Crippen molar-refractivity contribution in [1.82, 2.24) is 15.1 Å². The number of rotatable bonds is 8. The summed E-state index contributed by atoms with van der Waals surface area (Å²) >= 11 is 6.40. The van der Waals surface area contributed by atoms with Crippen molar-refractivity contribution >= 4 is 11.6 Å². The second-order valence-corrected chi connectivity index (χ2v) is 6.14. The fourth-order valence-electron chi connectivity index (χ4n) is 2.80. The highest BCUT2D eigenvalue weighted by Crippen LogP contribution is 2.43. The molecule has 0 amide bonds. The number of hydrogen-bond donors (Lipinski definition) is 1. The van der Waals surface area contributed by atoms with Gasteiger partial charge in [-0.2, -0.15) is 5.10 Å². The van der Waals surface area contributed by atoms with Gasteiger partial charge in [0.2, 0.25) is 0 Å². The van der Waals surface area contributed by atoms with Crippen LogP contribution in [0.4, 0.5) is 0 Å². The predicted molar refractivity (Wildman–Crippen MR) is 80.5 cm³/mol. The summed E-state index contributed by atoms with van der Waals surface area (Å²) in [5.74, 6) is 1.49. The molecule has 0 aromatic carbocycles. The van der Waals surface area contributed by atoms with Crippen molar-refractivity contribution in [3.05, 3.63) is 16.9 Å². The van der Waals surface area contributed by atoms with E-state index in [1.807, 2.05) is 0 Å². The van der Waals surface area contributed by atoms with Gasteiger partial charge in [0.15, 0.2) is 0 Å². The molecule has 2 atom stereocenters. The molecule has 0 radical (unpaired) electrons. The Labute approximate surface area is 121 Å². The summed E-state index contributed by atoms with van der Waals surface area (Å²) in [6.45, 7) is 8.72. The summed E-state index contributed by atoms with van der Waals surface area (Å²) in [6, 6.07) is 0.342. The number of nitrogens with zero attached hydrogens (tertiary/aromatic N) is 2. The quantitative estimate of drug-likeness (QED) is 0.780. The average Bonchev–Trinajstić information content (AvgIpc) is 3.18. The number of aromatic nitrogens is 2. The zero-order chi connectivity index (χ0) is 13.8. The van der Waals surface area contributed by atoms with Gasteiger partial charge in [0.25, 0.3) is 0 Å². The number of halogens is 1. The van der Waals surface area contributed by atoms with Crippen molar-refractivity contribution in [3.63, 3.8) is 0 Å². The van der Waals surface area contributed by atoms with Crippen LogP contribution in [-0.4, -0.2) is 16.3 Å². The molecule has 1 aliphatic rings. The van der Waals surface area contributed by atoms with E-state index in [0.717, 1.165) is 36.9 Å². The Balaban J connectivity index is 2.22. The molecule has 1 aliphatic carbocycles. The van der Waals surface area contributed by atoms with Crippen molar-refractivity contribution in [3.8, 4) is 0 Å². The van der Waals surface area contributed by atoms with Crippen molar-refractivity contribution in [2.45, 2.75) is 59.0 Å². The normalized spacial score (nSPS) is 18.5. The lowest BCUT2D eigenvalue weighted by Crippen LogP contribution is -2.31. The van der Waals surface area contributed by atoms with Crippen LogP contribution >= 0.6 is 11.6 Å². The van der Waals surface area contributed by atoms with E-state index in [0.29, 0.717) is 12.0 Å². The van der Waals surface area contributed by atoms with E-state index >= 15 is 0 Å². The second kappa shape index (κ2) is 6.76. The van der Waals surface area contributed by atoms with Gasteiger partial charge in [-0.05, 0) is 44.1 Å². The van der Waals surface area contributed by atoms with E-state index in [1.165, 1.54) is 18.5 Å². The molecular weight excluding hydrogens is 258 g/mol. The molecule has 1 aromatic rings. The third kappa shape index (κ3) is 3.51. The van der Waals surface area contributed by atoms with E-state index in [-0.39, 0.29) is 0 Å². The van der Waals surface area contributed by atoms with Crippen LogP contribution in [0.5, 0.6) is 0 Å². The van der Waals surface area contributed by atoms with Gasteiger partial charge in [0.1, 0.15) is 0 Å². The van der Waals surface area contributed by atoms with Crippen LogP contribution < -0.4 is 5.32 Å². The zero-order valence-electron chi connectivity index (χ0n) is 12.3. The molecule has 1 saturated carbocycles. The Bertz CT molecular complexity index is 398. The van der Waals surface area contributed by atoms with Crippen molar-refractivity contribution in [2.24, 2.45) is 11.8 Å². The Morgan fingerprint density at radius 2 is 2.16 bits per heavy atom. The van der Waals surface area contributed by atoms with Gasteiger partial charge in [-0.15, -0.1) is 0 Å². The molecule has 0 spiro atoms. The molecule has 1 aromatic heterocycles. The molecule has 3 nitrogen and oxygen atoms in total. The Morgan fingerprint density at radius 3 is 2.74 bits per heavy atom. The van der Waals surface area contributed by atoms with Gasteiger partial charge in [-0.25, -0.2) is 0 Å². The average molecular weight is 284 g/mol. The Kier molecular flexibility index (Phi) is 5.28. The van der Waals surface area contributed by atoms with Crippen LogP contribution in [0.2, 0.25) is 5.02 Å². The summed E-state index contributed by atoms with van der Waals surface area (Å²) in [4.78, 5) is 0. The van der Waals surface area contributed by atoms with Crippen LogP contribution in [0.3, 0.4) is 0 Å². The SMILES string of the molecule is CCCNC(c1c(Cl)cnn1CCC)C(C)C1CC1. The minimum absolute atomic E-state index is 0.342. The minimum atomic E-state index is 0.342. The van der Waals surface area contributed by atoms with Gasteiger partial charge >= 0.3 is 0 Å². The summed E-state index contributed by atoms with van der Waals surface area (Å²) in [7, 11) is 0. The van der Waals surface area contributed by atoms with Gasteiger partial charge in [0.05, 0.1) is 23.0 Å². The van der Waals surface area contributed by atoms with Crippen LogP contribution in [-0.2, 0) is 6.54 Å². The van der Waals surface area contributed by atoms with Crippen LogP contribution in [0.15, 0.2) is 6.20 Å². The summed E-state index contributed by atoms with van der Waals surface area (Å²) in [5, 5.41) is 8.94. The highest BCUT2D eigenvalue weighted by atomic mass is 35.5. The fraction of sp³-hybridized carbons (Fsp3) is 0.800. The zero-order valence-corrected chi connectivity index (χ0v) is 13.1. The van der Waals surface area contributed by atoms with E-state index in [1.54, 1.807) is 6.20 Å². The molecule has 0 saturated heterocycles. The minimum Gasteiger partial charge on any atom is -0.308 e. The molecule has 19 heavy (non-hydrogen) atoms. The molecule has 1 N–H and O–H groups in total. The summed E-state index contributed by atoms with van der Waals surface area (Å²) < 4.78 is 2.09. The fourth-order valence-corrected chi connectivity index (χ4v) is 3.06. The predicted octanol–water partition coefficient (Wildman–Crippen LogP) is 4.03. The summed E-state index contributed by atoms with van der Waals surface area (Å²) in [6.07, 6.45) is 6.76. The molecule has 2 rings (SSSR count). The van der Waals surface area contributed by atoms with Gasteiger partial charge < -0.3 is 5.32 Å². The van der Waals surface area contributed by atoms with Gasteiger partial charge in [-0.1, -0.05) is 32.4 Å². The van der Waals surface area contributed by atoms with E-state index < -0.39 is 0 Å². The Morgan fingerprint density at radius 1 is 1.42 bits per heavy atom. The first-order valence-corrected chi connectivity index (χ1v) is 8.01. The largest absolute Gasteiger partial charge is 0.308 e. The van der Waals surface area contributed by atoms with Crippen LogP contribution in [0, 0.1) is 11.8 Å².